The highest BCUT2D eigenvalue weighted by molar-refractivity contribution is 5.39. The second-order valence-electron chi connectivity index (χ2n) is 5.41. The number of hydrogen-bond donors (Lipinski definition) is 0. The van der Waals surface area contributed by atoms with Gasteiger partial charge in [0.05, 0.1) is 0 Å². The van der Waals surface area contributed by atoms with Crippen molar-refractivity contribution in [2.24, 2.45) is 5.92 Å². The molecule has 0 saturated heterocycles. The van der Waals surface area contributed by atoms with Crippen molar-refractivity contribution in [3.8, 4) is 5.69 Å². The van der Waals surface area contributed by atoms with Crippen molar-refractivity contribution in [2.45, 2.75) is 19.4 Å². The SMILES string of the molecule is O=c1c2nn(CC3CC3)c(=O)n2ccn1-c1ccccc1. The Morgan fingerprint density at radius 2 is 1.86 bits per heavy atom. The number of para-hydroxylation sites is 1. The van der Waals surface area contributed by atoms with Gasteiger partial charge in [0.15, 0.2) is 0 Å². The maximum atomic E-state index is 12.5. The van der Waals surface area contributed by atoms with E-state index in [0.717, 1.165) is 18.5 Å². The highest BCUT2D eigenvalue weighted by Crippen LogP contribution is 2.29. The van der Waals surface area contributed by atoms with Gasteiger partial charge in [-0.25, -0.2) is 13.9 Å². The van der Waals surface area contributed by atoms with E-state index in [4.69, 9.17) is 0 Å². The number of rotatable bonds is 3. The Morgan fingerprint density at radius 1 is 1.10 bits per heavy atom. The molecule has 0 bridgehead atoms. The van der Waals surface area contributed by atoms with E-state index in [9.17, 15) is 9.59 Å². The molecule has 3 aromatic rings. The topological polar surface area (TPSA) is 61.3 Å². The normalized spacial score (nSPS) is 14.7. The predicted molar refractivity (Wildman–Crippen MR) is 77.8 cm³/mol. The Hall–Kier alpha value is -2.63. The number of fused-ring (bicyclic) bond motifs is 1. The van der Waals surface area contributed by atoms with Crippen LogP contribution < -0.4 is 11.2 Å². The first-order valence-corrected chi connectivity index (χ1v) is 7.00. The molecule has 0 atom stereocenters. The maximum absolute atomic E-state index is 12.5. The van der Waals surface area contributed by atoms with Gasteiger partial charge in [-0.1, -0.05) is 18.2 Å². The van der Waals surface area contributed by atoms with Crippen molar-refractivity contribution in [3.63, 3.8) is 0 Å². The van der Waals surface area contributed by atoms with Crippen LogP contribution in [0.2, 0.25) is 0 Å². The zero-order valence-corrected chi connectivity index (χ0v) is 11.3. The largest absolute Gasteiger partial charge is 0.350 e. The maximum Gasteiger partial charge on any atom is 0.350 e. The van der Waals surface area contributed by atoms with E-state index in [2.05, 4.69) is 5.10 Å². The lowest BCUT2D eigenvalue weighted by atomic mass is 10.3. The van der Waals surface area contributed by atoms with Crippen molar-refractivity contribution in [2.75, 3.05) is 0 Å². The van der Waals surface area contributed by atoms with Gasteiger partial charge < -0.3 is 0 Å². The molecular weight excluding hydrogens is 268 g/mol. The van der Waals surface area contributed by atoms with Crippen LogP contribution in [0.25, 0.3) is 11.3 Å². The summed E-state index contributed by atoms with van der Waals surface area (Å²) >= 11 is 0. The van der Waals surface area contributed by atoms with Crippen molar-refractivity contribution < 1.29 is 0 Å². The summed E-state index contributed by atoms with van der Waals surface area (Å²) in [4.78, 5) is 24.7. The molecule has 6 nitrogen and oxygen atoms in total. The van der Waals surface area contributed by atoms with Crippen molar-refractivity contribution in [1.29, 1.82) is 0 Å². The molecular formula is C15H14N4O2. The van der Waals surface area contributed by atoms with Gasteiger partial charge in [0.1, 0.15) is 0 Å². The molecule has 106 valence electrons. The van der Waals surface area contributed by atoms with E-state index in [-0.39, 0.29) is 16.9 Å². The molecule has 0 amide bonds. The Bertz CT molecular complexity index is 916. The molecule has 21 heavy (non-hydrogen) atoms. The fourth-order valence-corrected chi connectivity index (χ4v) is 2.47. The third-order valence-electron chi connectivity index (χ3n) is 3.81. The minimum Gasteiger partial charge on any atom is -0.280 e. The molecule has 6 heteroatoms. The van der Waals surface area contributed by atoms with Crippen LogP contribution in [-0.4, -0.2) is 18.7 Å². The predicted octanol–water partition coefficient (Wildman–Crippen LogP) is 1.06. The van der Waals surface area contributed by atoms with Crippen LogP contribution in [0.15, 0.2) is 52.3 Å². The number of benzene rings is 1. The molecule has 2 heterocycles. The van der Waals surface area contributed by atoms with Gasteiger partial charge in [-0.2, -0.15) is 0 Å². The Kier molecular flexibility index (Phi) is 2.57. The summed E-state index contributed by atoms with van der Waals surface area (Å²) in [7, 11) is 0. The minimum absolute atomic E-state index is 0.173. The molecule has 2 aromatic heterocycles. The quantitative estimate of drug-likeness (QED) is 0.721. The average molecular weight is 282 g/mol. The summed E-state index contributed by atoms with van der Waals surface area (Å²) in [6.45, 7) is 0.602. The lowest BCUT2D eigenvalue weighted by Crippen LogP contribution is -2.24. The molecule has 0 unspecified atom stereocenters. The van der Waals surface area contributed by atoms with Crippen LogP contribution in [0.4, 0.5) is 0 Å². The van der Waals surface area contributed by atoms with E-state index in [0.29, 0.717) is 12.5 Å². The fourth-order valence-electron chi connectivity index (χ4n) is 2.47. The van der Waals surface area contributed by atoms with Gasteiger partial charge in [0.25, 0.3) is 0 Å². The first-order valence-electron chi connectivity index (χ1n) is 7.00. The van der Waals surface area contributed by atoms with Crippen molar-refractivity contribution in [1.82, 2.24) is 18.7 Å². The molecule has 1 aromatic carbocycles. The Morgan fingerprint density at radius 3 is 2.57 bits per heavy atom. The second kappa shape index (κ2) is 4.44. The zero-order valence-electron chi connectivity index (χ0n) is 11.3. The molecule has 0 spiro atoms. The molecule has 1 saturated carbocycles. The molecule has 0 aliphatic heterocycles. The van der Waals surface area contributed by atoms with Gasteiger partial charge in [-0.3, -0.25) is 9.36 Å². The summed E-state index contributed by atoms with van der Waals surface area (Å²) < 4.78 is 4.23. The second-order valence-corrected chi connectivity index (χ2v) is 5.41. The van der Waals surface area contributed by atoms with Crippen LogP contribution in [0, 0.1) is 5.92 Å². The van der Waals surface area contributed by atoms with E-state index >= 15 is 0 Å². The first kappa shape index (κ1) is 12.1. The smallest absolute Gasteiger partial charge is 0.280 e. The van der Waals surface area contributed by atoms with Crippen LogP contribution >= 0.6 is 0 Å². The molecule has 1 aliphatic rings. The highest BCUT2D eigenvalue weighted by Gasteiger charge is 2.24. The third kappa shape index (κ3) is 1.99. The summed E-state index contributed by atoms with van der Waals surface area (Å²) in [6, 6.07) is 9.31. The fraction of sp³-hybridized carbons (Fsp3) is 0.267. The molecule has 0 radical (unpaired) electrons. The van der Waals surface area contributed by atoms with Gasteiger partial charge in [-0.15, -0.1) is 5.10 Å². The summed E-state index contributed by atoms with van der Waals surface area (Å²) in [5.41, 5.74) is 0.408. The standard InChI is InChI=1S/C15H14N4O2/c20-14-13-16-19(10-11-6-7-11)15(21)18(13)9-8-17(14)12-4-2-1-3-5-12/h1-5,8-9,11H,6-7,10H2. The lowest BCUT2D eigenvalue weighted by molar-refractivity contribution is 0.545. The monoisotopic (exact) mass is 282 g/mol. The van der Waals surface area contributed by atoms with Gasteiger partial charge in [0, 0.05) is 24.6 Å². The number of aromatic nitrogens is 4. The Balaban J connectivity index is 1.91. The van der Waals surface area contributed by atoms with Gasteiger partial charge >= 0.3 is 11.2 Å². The summed E-state index contributed by atoms with van der Waals surface area (Å²) in [6.07, 6.45) is 5.47. The van der Waals surface area contributed by atoms with E-state index in [1.807, 2.05) is 30.3 Å². The molecule has 4 rings (SSSR count). The van der Waals surface area contributed by atoms with Crippen LogP contribution in [0.5, 0.6) is 0 Å². The lowest BCUT2D eigenvalue weighted by Gasteiger charge is -2.04. The summed E-state index contributed by atoms with van der Waals surface area (Å²) in [5, 5.41) is 4.21. The zero-order chi connectivity index (χ0) is 14.4. The molecule has 1 aliphatic carbocycles. The molecule has 1 fully saturated rings. The third-order valence-corrected chi connectivity index (χ3v) is 3.81. The first-order chi connectivity index (χ1) is 10.2. The number of nitrogens with zero attached hydrogens (tertiary/aromatic N) is 4. The van der Waals surface area contributed by atoms with Crippen molar-refractivity contribution >= 4 is 5.65 Å². The average Bonchev–Trinajstić information content (AvgIpc) is 3.26. The van der Waals surface area contributed by atoms with Crippen LogP contribution in [0.3, 0.4) is 0 Å². The van der Waals surface area contributed by atoms with E-state index < -0.39 is 0 Å². The minimum atomic E-state index is -0.282. The molecule has 0 N–H and O–H groups in total. The van der Waals surface area contributed by atoms with Crippen LogP contribution in [-0.2, 0) is 6.54 Å². The van der Waals surface area contributed by atoms with E-state index in [1.54, 1.807) is 12.4 Å². The number of hydrogen-bond acceptors (Lipinski definition) is 3. The van der Waals surface area contributed by atoms with Gasteiger partial charge in [-0.05, 0) is 30.9 Å². The highest BCUT2D eigenvalue weighted by atomic mass is 16.2. The van der Waals surface area contributed by atoms with E-state index in [1.165, 1.54) is 13.6 Å². The van der Waals surface area contributed by atoms with Crippen LogP contribution in [0.1, 0.15) is 12.8 Å². The van der Waals surface area contributed by atoms with Gasteiger partial charge in [0.2, 0.25) is 5.65 Å². The Labute approximate surface area is 119 Å². The summed E-state index contributed by atoms with van der Waals surface area (Å²) in [5.74, 6) is 0.531. The van der Waals surface area contributed by atoms with Crippen molar-refractivity contribution in [3.05, 3.63) is 63.6 Å².